The zero-order valence-corrected chi connectivity index (χ0v) is 11.4. The van der Waals surface area contributed by atoms with Crippen LogP contribution >= 0.6 is 0 Å². The second kappa shape index (κ2) is 6.08. The van der Waals surface area contributed by atoms with E-state index in [1.54, 1.807) is 0 Å². The summed E-state index contributed by atoms with van der Waals surface area (Å²) in [5.41, 5.74) is 1.29. The lowest BCUT2D eigenvalue weighted by molar-refractivity contribution is -0.0766. The summed E-state index contributed by atoms with van der Waals surface area (Å²) in [5.74, 6) is 0. The lowest BCUT2D eigenvalue weighted by Crippen LogP contribution is -2.56. The van der Waals surface area contributed by atoms with Crippen LogP contribution in [0.25, 0.3) is 0 Å². The van der Waals surface area contributed by atoms with Gasteiger partial charge in [0.05, 0.1) is 19.3 Å². The van der Waals surface area contributed by atoms with Crippen molar-refractivity contribution in [1.82, 2.24) is 9.71 Å². The van der Waals surface area contributed by atoms with E-state index < -0.39 is 0 Å². The minimum atomic E-state index is 0.467. The second-order valence-corrected chi connectivity index (χ2v) is 5.64. The van der Waals surface area contributed by atoms with Gasteiger partial charge >= 0.3 is 0 Å². The summed E-state index contributed by atoms with van der Waals surface area (Å²) in [6, 6.07) is 11.6. The van der Waals surface area contributed by atoms with Crippen molar-refractivity contribution in [2.45, 2.75) is 31.5 Å². The van der Waals surface area contributed by atoms with Crippen LogP contribution in [0.1, 0.15) is 18.4 Å². The monoisotopic (exact) mass is 256 g/mol. The minimum Gasteiger partial charge on any atom is -0.378 e. The highest BCUT2D eigenvalue weighted by molar-refractivity contribution is 6.04. The number of benzene rings is 1. The Kier molecular flexibility index (Phi) is 4.21. The number of hydrogen-bond donors (Lipinski definition) is 0. The van der Waals surface area contributed by atoms with Gasteiger partial charge in [-0.2, -0.15) is 0 Å². The molecule has 0 aliphatic carbocycles. The maximum Gasteiger partial charge on any atom is 0.183 e. The van der Waals surface area contributed by atoms with E-state index in [4.69, 9.17) is 12.7 Å². The van der Waals surface area contributed by atoms with Gasteiger partial charge in [0, 0.05) is 19.1 Å². The van der Waals surface area contributed by atoms with E-state index in [1.807, 2.05) is 10.9 Å². The summed E-state index contributed by atoms with van der Waals surface area (Å²) in [4.78, 5) is 4.56. The van der Waals surface area contributed by atoms with E-state index in [-0.39, 0.29) is 0 Å². The molecule has 0 saturated carbocycles. The Morgan fingerprint density at radius 2 is 2.05 bits per heavy atom. The summed E-state index contributed by atoms with van der Waals surface area (Å²) in [5, 5.41) is 0. The number of ether oxygens (including phenoxy) is 1. The quantitative estimate of drug-likeness (QED) is 0.758. The van der Waals surface area contributed by atoms with Crippen molar-refractivity contribution in [3.63, 3.8) is 0 Å². The van der Waals surface area contributed by atoms with Gasteiger partial charge in [0.25, 0.3) is 0 Å². The number of nitrogens with zero attached hydrogens (tertiary/aromatic N) is 2. The van der Waals surface area contributed by atoms with Crippen molar-refractivity contribution in [3.8, 4) is 0 Å². The molecule has 3 nitrogen and oxygen atoms in total. The SMILES string of the molecule is [B]N(Cc1ccccc1)C1CCCN(C2COC2)C1. The molecule has 2 aliphatic rings. The van der Waals surface area contributed by atoms with Crippen LogP contribution in [-0.4, -0.2) is 56.1 Å². The molecule has 2 heterocycles. The second-order valence-electron chi connectivity index (χ2n) is 5.64. The fourth-order valence-electron chi connectivity index (χ4n) is 2.94. The molecule has 0 spiro atoms. The molecule has 2 radical (unpaired) electrons. The molecule has 0 aromatic heterocycles. The molecule has 1 unspecified atom stereocenters. The molecule has 0 bridgehead atoms. The van der Waals surface area contributed by atoms with Crippen LogP contribution in [-0.2, 0) is 11.3 Å². The average Bonchev–Trinajstić information content (AvgIpc) is 2.38. The molecule has 19 heavy (non-hydrogen) atoms. The first-order chi connectivity index (χ1) is 9.33. The summed E-state index contributed by atoms with van der Waals surface area (Å²) in [6.07, 6.45) is 2.44. The topological polar surface area (TPSA) is 15.7 Å². The minimum absolute atomic E-state index is 0.467. The van der Waals surface area contributed by atoms with Gasteiger partial charge < -0.3 is 9.55 Å². The van der Waals surface area contributed by atoms with Gasteiger partial charge in [-0.25, -0.2) is 0 Å². The Morgan fingerprint density at radius 1 is 1.26 bits per heavy atom. The molecule has 100 valence electrons. The molecular formula is C15H21BN2O. The van der Waals surface area contributed by atoms with Crippen LogP contribution in [0.4, 0.5) is 0 Å². The number of hydrogen-bond acceptors (Lipinski definition) is 3. The molecule has 4 heteroatoms. The normalized spacial score (nSPS) is 25.4. The van der Waals surface area contributed by atoms with Gasteiger partial charge in [-0.1, -0.05) is 30.3 Å². The van der Waals surface area contributed by atoms with Crippen molar-refractivity contribution in [2.75, 3.05) is 26.3 Å². The van der Waals surface area contributed by atoms with Crippen LogP contribution in [0.5, 0.6) is 0 Å². The molecular weight excluding hydrogens is 235 g/mol. The molecule has 1 atom stereocenters. The van der Waals surface area contributed by atoms with Crippen molar-refractivity contribution in [3.05, 3.63) is 35.9 Å². The highest BCUT2D eigenvalue weighted by atomic mass is 16.5. The third-order valence-corrected chi connectivity index (χ3v) is 4.24. The van der Waals surface area contributed by atoms with E-state index in [2.05, 4.69) is 29.2 Å². The maximum absolute atomic E-state index is 6.28. The number of rotatable bonds is 4. The van der Waals surface area contributed by atoms with E-state index in [0.29, 0.717) is 12.1 Å². The van der Waals surface area contributed by atoms with E-state index >= 15 is 0 Å². The molecule has 0 amide bonds. The largest absolute Gasteiger partial charge is 0.378 e. The fourth-order valence-corrected chi connectivity index (χ4v) is 2.94. The summed E-state index contributed by atoms with van der Waals surface area (Å²) in [6.45, 7) is 4.91. The van der Waals surface area contributed by atoms with E-state index in [0.717, 1.165) is 26.3 Å². The number of piperidine rings is 1. The van der Waals surface area contributed by atoms with Gasteiger partial charge in [-0.15, -0.1) is 0 Å². The average molecular weight is 256 g/mol. The molecule has 1 aromatic rings. The van der Waals surface area contributed by atoms with Crippen LogP contribution in [0, 0.1) is 0 Å². The predicted octanol–water partition coefficient (Wildman–Crippen LogP) is 1.44. The van der Waals surface area contributed by atoms with Crippen LogP contribution in [0.3, 0.4) is 0 Å². The lowest BCUT2D eigenvalue weighted by Gasteiger charge is -2.44. The summed E-state index contributed by atoms with van der Waals surface area (Å²) in [7, 11) is 6.28. The number of likely N-dealkylation sites (tertiary alicyclic amines) is 1. The Balaban J connectivity index is 1.55. The Bertz CT molecular complexity index is 396. The molecule has 2 saturated heterocycles. The smallest absolute Gasteiger partial charge is 0.183 e. The standard InChI is InChI=1S/C15H21BN2O/c16-18(9-13-5-2-1-3-6-13)14-7-4-8-17(10-14)15-11-19-12-15/h1-3,5-6,14-15H,4,7-12H2. The molecule has 1 aromatic carbocycles. The van der Waals surface area contributed by atoms with Crippen LogP contribution in [0.2, 0.25) is 0 Å². The first-order valence-corrected chi connectivity index (χ1v) is 7.20. The van der Waals surface area contributed by atoms with E-state index in [1.165, 1.54) is 24.9 Å². The highest BCUT2D eigenvalue weighted by Gasteiger charge is 2.31. The summed E-state index contributed by atoms with van der Waals surface area (Å²) < 4.78 is 5.29. The first kappa shape index (κ1) is 13.2. The first-order valence-electron chi connectivity index (χ1n) is 7.20. The highest BCUT2D eigenvalue weighted by Crippen LogP contribution is 2.21. The van der Waals surface area contributed by atoms with Gasteiger partial charge in [0.2, 0.25) is 0 Å². The van der Waals surface area contributed by atoms with Crippen molar-refractivity contribution in [2.24, 2.45) is 0 Å². The van der Waals surface area contributed by atoms with Gasteiger partial charge in [-0.3, -0.25) is 4.90 Å². The molecule has 2 aliphatic heterocycles. The third kappa shape index (κ3) is 3.19. The Labute approximate surface area is 117 Å². The van der Waals surface area contributed by atoms with Crippen molar-refractivity contribution < 1.29 is 4.74 Å². The van der Waals surface area contributed by atoms with E-state index in [9.17, 15) is 0 Å². The fraction of sp³-hybridized carbons (Fsp3) is 0.600. The van der Waals surface area contributed by atoms with Gasteiger partial charge in [0.1, 0.15) is 0 Å². The summed E-state index contributed by atoms with van der Waals surface area (Å²) >= 11 is 0. The van der Waals surface area contributed by atoms with Crippen LogP contribution in [0.15, 0.2) is 30.3 Å². The van der Waals surface area contributed by atoms with Crippen LogP contribution < -0.4 is 0 Å². The zero-order valence-electron chi connectivity index (χ0n) is 11.4. The zero-order chi connectivity index (χ0) is 13.1. The Morgan fingerprint density at radius 3 is 2.74 bits per heavy atom. The van der Waals surface area contributed by atoms with Crippen molar-refractivity contribution in [1.29, 1.82) is 0 Å². The maximum atomic E-state index is 6.28. The lowest BCUT2D eigenvalue weighted by atomic mass is 9.98. The molecule has 2 fully saturated rings. The predicted molar refractivity (Wildman–Crippen MR) is 76.9 cm³/mol. The third-order valence-electron chi connectivity index (χ3n) is 4.24. The Hall–Kier alpha value is -0.835. The van der Waals surface area contributed by atoms with Gasteiger partial charge in [0.15, 0.2) is 7.98 Å². The van der Waals surface area contributed by atoms with Crippen molar-refractivity contribution >= 4 is 7.98 Å². The molecule has 3 rings (SSSR count). The van der Waals surface area contributed by atoms with Gasteiger partial charge in [-0.05, 0) is 24.9 Å². The molecule has 0 N–H and O–H groups in total.